The molecular formula is C26H28N4O3S3. The first-order valence-electron chi connectivity index (χ1n) is 11.4. The molecule has 0 fully saturated rings. The van der Waals surface area contributed by atoms with Crippen LogP contribution >= 0.6 is 34.4 Å². The Morgan fingerprint density at radius 3 is 2.53 bits per heavy atom. The second-order valence-electron chi connectivity index (χ2n) is 8.72. The maximum atomic E-state index is 12.9. The molecule has 0 bridgehead atoms. The Morgan fingerprint density at radius 2 is 1.86 bits per heavy atom. The lowest BCUT2D eigenvalue weighted by atomic mass is 9.97. The molecule has 0 saturated heterocycles. The van der Waals surface area contributed by atoms with Crippen LogP contribution in [0.25, 0.3) is 22.5 Å². The Labute approximate surface area is 222 Å². The highest BCUT2D eigenvalue weighted by Crippen LogP contribution is 2.38. The van der Waals surface area contributed by atoms with Crippen LogP contribution in [0.3, 0.4) is 0 Å². The Kier molecular flexibility index (Phi) is 7.97. The monoisotopic (exact) mass is 540 g/mol. The van der Waals surface area contributed by atoms with E-state index in [2.05, 4.69) is 47.7 Å². The predicted molar refractivity (Wildman–Crippen MR) is 148 cm³/mol. The van der Waals surface area contributed by atoms with Gasteiger partial charge in [-0.2, -0.15) is 0 Å². The summed E-state index contributed by atoms with van der Waals surface area (Å²) in [5, 5.41) is 16.8. The van der Waals surface area contributed by atoms with Gasteiger partial charge in [0.15, 0.2) is 11.0 Å². The van der Waals surface area contributed by atoms with Gasteiger partial charge in [-0.3, -0.25) is 9.36 Å². The van der Waals surface area contributed by atoms with E-state index in [1.165, 1.54) is 35.1 Å². The van der Waals surface area contributed by atoms with E-state index in [4.69, 9.17) is 4.74 Å². The van der Waals surface area contributed by atoms with Gasteiger partial charge in [-0.05, 0) is 51.8 Å². The molecule has 188 valence electrons. The lowest BCUT2D eigenvalue weighted by molar-refractivity contribution is -0.113. The molecule has 1 aromatic carbocycles. The Bertz CT molecular complexity index is 1420. The van der Waals surface area contributed by atoms with Crippen LogP contribution in [-0.4, -0.2) is 39.5 Å². The van der Waals surface area contributed by atoms with Crippen molar-refractivity contribution in [2.24, 2.45) is 0 Å². The molecular weight excluding hydrogens is 513 g/mol. The van der Waals surface area contributed by atoms with Crippen molar-refractivity contribution in [1.29, 1.82) is 0 Å². The minimum atomic E-state index is -0.481. The van der Waals surface area contributed by atoms with E-state index in [-0.39, 0.29) is 17.7 Å². The van der Waals surface area contributed by atoms with Crippen LogP contribution in [0.4, 0.5) is 5.00 Å². The third-order valence-corrected chi connectivity index (χ3v) is 8.32. The van der Waals surface area contributed by atoms with Crippen LogP contribution in [0.1, 0.15) is 46.3 Å². The van der Waals surface area contributed by atoms with Crippen molar-refractivity contribution < 1.29 is 14.3 Å². The van der Waals surface area contributed by atoms with Gasteiger partial charge in [-0.15, -0.1) is 32.9 Å². The van der Waals surface area contributed by atoms with E-state index < -0.39 is 5.97 Å². The molecule has 0 unspecified atom stereocenters. The number of benzene rings is 1. The number of aryl methyl sites for hydroxylation is 3. The summed E-state index contributed by atoms with van der Waals surface area (Å²) in [6.45, 7) is 10.2. The summed E-state index contributed by atoms with van der Waals surface area (Å²) in [7, 11) is 1.35. The van der Waals surface area contributed by atoms with Crippen molar-refractivity contribution in [2.75, 3.05) is 18.2 Å². The van der Waals surface area contributed by atoms with Gasteiger partial charge in [-0.1, -0.05) is 35.5 Å². The first kappa shape index (κ1) is 26.1. The Balaban J connectivity index is 1.55. The molecule has 4 rings (SSSR count). The highest BCUT2D eigenvalue weighted by molar-refractivity contribution is 7.99. The van der Waals surface area contributed by atoms with Gasteiger partial charge in [-0.25, -0.2) is 4.79 Å². The Hall–Kier alpha value is -2.95. The number of amides is 1. The number of nitrogens with one attached hydrogen (secondary N) is 1. The quantitative estimate of drug-likeness (QED) is 0.196. The van der Waals surface area contributed by atoms with Gasteiger partial charge in [0.05, 0.1) is 12.9 Å². The fraction of sp³-hybridized carbons (Fsp3) is 0.308. The van der Waals surface area contributed by atoms with Gasteiger partial charge >= 0.3 is 5.97 Å². The third kappa shape index (κ3) is 5.40. The molecule has 0 saturated carbocycles. The minimum Gasteiger partial charge on any atom is -0.465 e. The maximum Gasteiger partial charge on any atom is 0.341 e. The zero-order valence-corrected chi connectivity index (χ0v) is 23.5. The van der Waals surface area contributed by atoms with Gasteiger partial charge in [0, 0.05) is 32.8 Å². The van der Waals surface area contributed by atoms with Crippen LogP contribution in [-0.2, 0) is 9.53 Å². The molecule has 1 N–H and O–H groups in total. The molecule has 3 aromatic heterocycles. The molecule has 3 heterocycles. The average molecular weight is 541 g/mol. The number of ether oxygens (including phenoxy) is 1. The normalized spacial score (nSPS) is 11.2. The van der Waals surface area contributed by atoms with Crippen molar-refractivity contribution in [3.05, 3.63) is 56.6 Å². The zero-order chi connectivity index (χ0) is 26.0. The summed E-state index contributed by atoms with van der Waals surface area (Å²) in [6, 6.07) is 8.31. The smallest absolute Gasteiger partial charge is 0.341 e. The summed E-state index contributed by atoms with van der Waals surface area (Å²) >= 11 is 4.31. The number of nitrogens with zero attached hydrogens (tertiary/aromatic N) is 3. The lowest BCUT2D eigenvalue weighted by Crippen LogP contribution is -2.16. The number of aromatic nitrogens is 3. The Morgan fingerprint density at radius 1 is 1.08 bits per heavy atom. The molecule has 0 spiro atoms. The van der Waals surface area contributed by atoms with Crippen molar-refractivity contribution in [3.8, 4) is 22.5 Å². The van der Waals surface area contributed by atoms with Gasteiger partial charge < -0.3 is 10.1 Å². The molecule has 0 radical (unpaired) electrons. The number of thiophene rings is 2. The van der Waals surface area contributed by atoms with E-state index >= 15 is 0 Å². The lowest BCUT2D eigenvalue weighted by Gasteiger charge is -2.13. The zero-order valence-electron chi connectivity index (χ0n) is 21.0. The molecule has 1 amide bonds. The topological polar surface area (TPSA) is 86.1 Å². The summed E-state index contributed by atoms with van der Waals surface area (Å²) in [4.78, 5) is 26.9. The van der Waals surface area contributed by atoms with Crippen LogP contribution in [0.15, 0.2) is 40.2 Å². The molecule has 4 aromatic rings. The average Bonchev–Trinajstić information content (AvgIpc) is 3.56. The number of esters is 1. The second-order valence-corrected chi connectivity index (χ2v) is 11.7. The fourth-order valence-electron chi connectivity index (χ4n) is 3.87. The SMILES string of the molecule is COC(=O)c1c(-c2cc(C)ccc2C)csc1NC(=O)CSc1nnc(-c2csc(C)c2)n1C(C)C. The number of rotatable bonds is 8. The number of carbonyl (C=O) groups is 2. The van der Waals surface area contributed by atoms with Crippen molar-refractivity contribution in [1.82, 2.24) is 14.8 Å². The van der Waals surface area contributed by atoms with Crippen molar-refractivity contribution in [3.63, 3.8) is 0 Å². The van der Waals surface area contributed by atoms with Gasteiger partial charge in [0.25, 0.3) is 0 Å². The van der Waals surface area contributed by atoms with E-state index in [1.54, 1.807) is 11.3 Å². The number of hydrogen-bond donors (Lipinski definition) is 1. The highest BCUT2D eigenvalue weighted by atomic mass is 32.2. The summed E-state index contributed by atoms with van der Waals surface area (Å²) in [6.07, 6.45) is 0. The molecule has 0 aliphatic rings. The number of carbonyl (C=O) groups excluding carboxylic acids is 2. The fourth-order valence-corrected chi connectivity index (χ4v) is 6.38. The predicted octanol–water partition coefficient (Wildman–Crippen LogP) is 6.76. The number of methoxy groups -OCH3 is 1. The highest BCUT2D eigenvalue weighted by Gasteiger charge is 2.24. The van der Waals surface area contributed by atoms with Crippen molar-refractivity contribution in [2.45, 2.75) is 45.8 Å². The first-order valence-corrected chi connectivity index (χ1v) is 14.1. The molecule has 36 heavy (non-hydrogen) atoms. The molecule has 0 aliphatic heterocycles. The van der Waals surface area contributed by atoms with E-state index in [0.29, 0.717) is 15.7 Å². The summed E-state index contributed by atoms with van der Waals surface area (Å²) < 4.78 is 7.10. The summed E-state index contributed by atoms with van der Waals surface area (Å²) in [5.41, 5.74) is 5.23. The first-order chi connectivity index (χ1) is 17.2. The van der Waals surface area contributed by atoms with Crippen LogP contribution in [0.5, 0.6) is 0 Å². The molecule has 10 heteroatoms. The van der Waals surface area contributed by atoms with Crippen LogP contribution in [0.2, 0.25) is 0 Å². The number of anilines is 1. The molecule has 7 nitrogen and oxygen atoms in total. The number of hydrogen-bond acceptors (Lipinski definition) is 8. The van der Waals surface area contributed by atoms with Gasteiger partial charge in [0.2, 0.25) is 5.91 Å². The van der Waals surface area contributed by atoms with Crippen LogP contribution < -0.4 is 5.32 Å². The standard InChI is InChI=1S/C26H28N4O3S3/c1-14(2)30-23(18-10-17(5)34-11-18)28-29-26(30)36-13-21(31)27-24-22(25(32)33-6)20(12-35-24)19-9-15(3)7-8-16(19)4/h7-12,14H,13H2,1-6H3,(H,27,31). The minimum absolute atomic E-state index is 0.129. The van der Waals surface area contributed by atoms with E-state index in [9.17, 15) is 9.59 Å². The maximum absolute atomic E-state index is 12.9. The number of thioether (sulfide) groups is 1. The summed E-state index contributed by atoms with van der Waals surface area (Å²) in [5.74, 6) is 0.211. The molecule has 0 atom stereocenters. The van der Waals surface area contributed by atoms with Gasteiger partial charge in [0.1, 0.15) is 10.6 Å². The second kappa shape index (κ2) is 11.0. The van der Waals surface area contributed by atoms with E-state index in [1.807, 2.05) is 42.0 Å². The van der Waals surface area contributed by atoms with E-state index in [0.717, 1.165) is 33.6 Å². The van der Waals surface area contributed by atoms with Crippen molar-refractivity contribution >= 4 is 51.3 Å². The van der Waals surface area contributed by atoms with Crippen LogP contribution in [0, 0.1) is 20.8 Å². The third-order valence-electron chi connectivity index (χ3n) is 5.62. The molecule has 0 aliphatic carbocycles. The largest absolute Gasteiger partial charge is 0.465 e.